The first-order valence-electron chi connectivity index (χ1n) is 6.26. The zero-order valence-corrected chi connectivity index (χ0v) is 10.2. The number of aliphatic carboxylic acids is 1. The van der Waals surface area contributed by atoms with E-state index in [-0.39, 0.29) is 11.9 Å². The molecule has 1 aliphatic heterocycles. The highest BCUT2D eigenvalue weighted by Gasteiger charge is 2.48. The van der Waals surface area contributed by atoms with E-state index in [9.17, 15) is 9.59 Å². The Kier molecular flexibility index (Phi) is 3.12. The van der Waals surface area contributed by atoms with Gasteiger partial charge in [-0.05, 0) is 32.6 Å². The predicted octanol–water partition coefficient (Wildman–Crippen LogP) is 0.579. The zero-order chi connectivity index (χ0) is 12.6. The number of hydrogen-bond acceptors (Lipinski definition) is 3. The molecule has 0 aromatic carbocycles. The Morgan fingerprint density at radius 3 is 2.59 bits per heavy atom. The third kappa shape index (κ3) is 1.92. The van der Waals surface area contributed by atoms with Gasteiger partial charge in [0, 0.05) is 12.6 Å². The lowest BCUT2D eigenvalue weighted by atomic mass is 9.83. The minimum atomic E-state index is -0.897. The smallest absolute Gasteiger partial charge is 0.326 e. The van der Waals surface area contributed by atoms with E-state index in [1.165, 1.54) is 4.90 Å². The van der Waals surface area contributed by atoms with E-state index in [1.54, 1.807) is 0 Å². The second-order valence-electron chi connectivity index (χ2n) is 5.41. The summed E-state index contributed by atoms with van der Waals surface area (Å²) in [5, 5.41) is 9.10. The average molecular weight is 240 g/mol. The van der Waals surface area contributed by atoms with Crippen LogP contribution in [0.15, 0.2) is 0 Å². The molecule has 0 aromatic heterocycles. The molecule has 0 radical (unpaired) electrons. The topological polar surface area (TPSA) is 83.6 Å². The van der Waals surface area contributed by atoms with Gasteiger partial charge in [-0.2, -0.15) is 0 Å². The molecular formula is C12H20N2O3. The number of carboxylic acids is 1. The molecule has 17 heavy (non-hydrogen) atoms. The van der Waals surface area contributed by atoms with Crippen molar-refractivity contribution in [3.63, 3.8) is 0 Å². The third-order valence-corrected chi connectivity index (χ3v) is 4.32. The van der Waals surface area contributed by atoms with Crippen molar-refractivity contribution in [3.8, 4) is 0 Å². The van der Waals surface area contributed by atoms with Crippen LogP contribution in [0.25, 0.3) is 0 Å². The molecule has 2 fully saturated rings. The number of nitrogens with two attached hydrogens (primary N) is 1. The molecule has 0 aromatic rings. The highest BCUT2D eigenvalue weighted by atomic mass is 16.4. The second-order valence-corrected chi connectivity index (χ2v) is 5.41. The Balaban J connectivity index is 2.17. The Morgan fingerprint density at radius 1 is 1.35 bits per heavy atom. The lowest BCUT2D eigenvalue weighted by Gasteiger charge is -2.34. The van der Waals surface area contributed by atoms with Crippen LogP contribution in [-0.4, -0.2) is 40.5 Å². The lowest BCUT2D eigenvalue weighted by molar-refractivity contribution is -0.152. The first-order valence-corrected chi connectivity index (χ1v) is 6.26. The summed E-state index contributed by atoms with van der Waals surface area (Å²) in [5.41, 5.74) is 5.45. The average Bonchev–Trinajstić information content (AvgIpc) is 2.86. The Labute approximate surface area is 101 Å². The minimum absolute atomic E-state index is 0.0626. The monoisotopic (exact) mass is 240 g/mol. The van der Waals surface area contributed by atoms with E-state index in [1.807, 2.05) is 6.92 Å². The van der Waals surface area contributed by atoms with Gasteiger partial charge in [-0.1, -0.05) is 6.42 Å². The highest BCUT2D eigenvalue weighted by molar-refractivity contribution is 5.88. The van der Waals surface area contributed by atoms with Gasteiger partial charge in [0.1, 0.15) is 6.04 Å². The zero-order valence-electron chi connectivity index (χ0n) is 10.2. The van der Waals surface area contributed by atoms with Gasteiger partial charge in [0.2, 0.25) is 5.91 Å². The van der Waals surface area contributed by atoms with E-state index in [4.69, 9.17) is 10.8 Å². The number of amides is 1. The molecule has 5 nitrogen and oxygen atoms in total. The number of carboxylic acid groups (broad SMARTS) is 1. The van der Waals surface area contributed by atoms with Crippen LogP contribution in [0.2, 0.25) is 0 Å². The maximum Gasteiger partial charge on any atom is 0.326 e. The van der Waals surface area contributed by atoms with E-state index >= 15 is 0 Å². The highest BCUT2D eigenvalue weighted by Crippen LogP contribution is 2.39. The summed E-state index contributed by atoms with van der Waals surface area (Å²) in [6, 6.07) is -0.780. The molecule has 96 valence electrons. The SMILES string of the molecule is CC1(C(=O)N2CCC[C@H]2C(=O)O)CCCC1N. The molecule has 1 saturated carbocycles. The van der Waals surface area contributed by atoms with Crippen LogP contribution < -0.4 is 5.73 Å². The van der Waals surface area contributed by atoms with Crippen LogP contribution in [0.3, 0.4) is 0 Å². The Morgan fingerprint density at radius 2 is 2.06 bits per heavy atom. The molecule has 2 unspecified atom stereocenters. The summed E-state index contributed by atoms with van der Waals surface area (Å²) < 4.78 is 0. The van der Waals surface area contributed by atoms with Crippen LogP contribution in [0, 0.1) is 5.41 Å². The van der Waals surface area contributed by atoms with Crippen molar-refractivity contribution in [2.24, 2.45) is 11.1 Å². The quantitative estimate of drug-likeness (QED) is 0.739. The van der Waals surface area contributed by atoms with Crippen LogP contribution >= 0.6 is 0 Å². The lowest BCUT2D eigenvalue weighted by Crippen LogP contribution is -2.52. The first kappa shape index (κ1) is 12.4. The van der Waals surface area contributed by atoms with E-state index in [0.29, 0.717) is 13.0 Å². The van der Waals surface area contributed by atoms with Crippen molar-refractivity contribution >= 4 is 11.9 Å². The molecule has 0 bridgehead atoms. The van der Waals surface area contributed by atoms with Gasteiger partial charge in [-0.3, -0.25) is 4.79 Å². The summed E-state index contributed by atoms with van der Waals surface area (Å²) in [7, 11) is 0. The third-order valence-electron chi connectivity index (χ3n) is 4.32. The first-order chi connectivity index (χ1) is 7.97. The fourth-order valence-electron chi connectivity index (χ4n) is 3.05. The summed E-state index contributed by atoms with van der Waals surface area (Å²) in [6.07, 6.45) is 3.92. The van der Waals surface area contributed by atoms with Gasteiger partial charge in [0.05, 0.1) is 5.41 Å². The number of carbonyl (C=O) groups excluding carboxylic acids is 1. The van der Waals surface area contributed by atoms with Crippen molar-refractivity contribution in [3.05, 3.63) is 0 Å². The van der Waals surface area contributed by atoms with Crippen LogP contribution in [0.5, 0.6) is 0 Å². The summed E-state index contributed by atoms with van der Waals surface area (Å²) in [4.78, 5) is 25.1. The van der Waals surface area contributed by atoms with Crippen LogP contribution in [-0.2, 0) is 9.59 Å². The molecule has 3 N–H and O–H groups in total. The molecule has 1 amide bonds. The molecule has 5 heteroatoms. The van der Waals surface area contributed by atoms with Gasteiger partial charge in [0.25, 0.3) is 0 Å². The van der Waals surface area contributed by atoms with Gasteiger partial charge in [-0.25, -0.2) is 4.79 Å². The van der Waals surface area contributed by atoms with Gasteiger partial charge in [0.15, 0.2) is 0 Å². The van der Waals surface area contributed by atoms with Crippen molar-refractivity contribution in [1.82, 2.24) is 4.90 Å². The van der Waals surface area contributed by atoms with Gasteiger partial charge in [-0.15, -0.1) is 0 Å². The Bertz CT molecular complexity index is 345. The largest absolute Gasteiger partial charge is 0.480 e. The molecule has 0 spiro atoms. The minimum Gasteiger partial charge on any atom is -0.480 e. The number of likely N-dealkylation sites (tertiary alicyclic amines) is 1. The van der Waals surface area contributed by atoms with Crippen molar-refractivity contribution in [1.29, 1.82) is 0 Å². The summed E-state index contributed by atoms with van der Waals surface area (Å²) in [6.45, 7) is 2.43. The fourth-order valence-corrected chi connectivity index (χ4v) is 3.05. The standard InChI is InChI=1S/C12H20N2O3/c1-12(6-2-5-9(12)13)11(17)14-7-3-4-8(14)10(15)16/h8-9H,2-7,13H2,1H3,(H,15,16)/t8-,9?,12?/m0/s1. The molecule has 1 saturated heterocycles. The summed E-state index contributed by atoms with van der Waals surface area (Å²) >= 11 is 0. The normalized spacial score (nSPS) is 37.4. The molecule has 1 aliphatic carbocycles. The van der Waals surface area contributed by atoms with E-state index < -0.39 is 17.4 Å². The fraction of sp³-hybridized carbons (Fsp3) is 0.833. The second kappa shape index (κ2) is 4.29. The predicted molar refractivity (Wildman–Crippen MR) is 62.3 cm³/mol. The Hall–Kier alpha value is -1.10. The van der Waals surface area contributed by atoms with Crippen molar-refractivity contribution in [2.75, 3.05) is 6.54 Å². The maximum absolute atomic E-state index is 12.5. The van der Waals surface area contributed by atoms with Crippen LogP contribution in [0.4, 0.5) is 0 Å². The van der Waals surface area contributed by atoms with E-state index in [0.717, 1.165) is 25.7 Å². The molecule has 3 atom stereocenters. The number of hydrogen-bond donors (Lipinski definition) is 2. The molecular weight excluding hydrogens is 220 g/mol. The van der Waals surface area contributed by atoms with Crippen molar-refractivity contribution < 1.29 is 14.7 Å². The molecule has 1 heterocycles. The molecule has 2 rings (SSSR count). The van der Waals surface area contributed by atoms with Gasteiger partial charge < -0.3 is 15.7 Å². The van der Waals surface area contributed by atoms with Crippen molar-refractivity contribution in [2.45, 2.75) is 51.1 Å². The van der Waals surface area contributed by atoms with Gasteiger partial charge >= 0.3 is 5.97 Å². The number of carbonyl (C=O) groups is 2. The molecule has 2 aliphatic rings. The van der Waals surface area contributed by atoms with Crippen LogP contribution in [0.1, 0.15) is 39.0 Å². The summed E-state index contributed by atoms with van der Waals surface area (Å²) in [5.74, 6) is -0.960. The maximum atomic E-state index is 12.5. The number of nitrogens with zero attached hydrogens (tertiary/aromatic N) is 1. The van der Waals surface area contributed by atoms with E-state index in [2.05, 4.69) is 0 Å². The number of rotatable bonds is 2.